The number of ether oxygens (including phenoxy) is 1. The number of nitrogens with one attached hydrogen (secondary N) is 3. The zero-order chi connectivity index (χ0) is 22.6. The molecule has 9 heteroatoms. The number of hydrogen-bond donors (Lipinski definition) is 3. The molecule has 1 rings (SSSR count). The summed E-state index contributed by atoms with van der Waals surface area (Å²) in [7, 11) is 3.98. The average Bonchev–Trinajstić information content (AvgIpc) is 2.67. The molecule has 0 aliphatic carbocycles. The summed E-state index contributed by atoms with van der Waals surface area (Å²) in [5, 5.41) is 9.81. The van der Waals surface area contributed by atoms with Crippen molar-refractivity contribution < 1.29 is 9.53 Å². The molecular formula is C22H47IN6O2. The third-order valence-corrected chi connectivity index (χ3v) is 5.15. The van der Waals surface area contributed by atoms with Crippen LogP contribution < -0.4 is 16.0 Å². The number of aliphatic imine (C=N–C) groups is 1. The Balaban J connectivity index is 0.00000900. The standard InChI is InChI=1S/C22H46N6O2.HI/c1-8-9-10-19(16-25-21(29)30-22(3,4)5)26-20(23-6)24-15-18(2)17-28-13-11-27(7)12-14-28;/h18-19H,8-17H2,1-7H3,(H,25,29)(H2,23,24,26);1H. The van der Waals surface area contributed by atoms with Gasteiger partial charge in [0.15, 0.2) is 5.96 Å². The van der Waals surface area contributed by atoms with Gasteiger partial charge in [0, 0.05) is 58.9 Å². The molecule has 184 valence electrons. The lowest BCUT2D eigenvalue weighted by Gasteiger charge is -2.34. The molecule has 1 aliphatic rings. The summed E-state index contributed by atoms with van der Waals surface area (Å²) in [6, 6.07) is 0.108. The van der Waals surface area contributed by atoms with Crippen LogP contribution in [0.1, 0.15) is 53.9 Å². The van der Waals surface area contributed by atoms with Gasteiger partial charge < -0.3 is 30.5 Å². The molecule has 0 aromatic rings. The van der Waals surface area contributed by atoms with Crippen LogP contribution >= 0.6 is 24.0 Å². The Labute approximate surface area is 207 Å². The van der Waals surface area contributed by atoms with E-state index < -0.39 is 5.60 Å². The maximum atomic E-state index is 12.0. The summed E-state index contributed by atoms with van der Waals surface area (Å²) in [6.45, 7) is 17.1. The van der Waals surface area contributed by atoms with E-state index in [0.717, 1.165) is 64.5 Å². The highest BCUT2D eigenvalue weighted by atomic mass is 127. The van der Waals surface area contributed by atoms with Crippen LogP contribution in [0.5, 0.6) is 0 Å². The highest BCUT2D eigenvalue weighted by Crippen LogP contribution is 2.07. The second-order valence-corrected chi connectivity index (χ2v) is 9.53. The Morgan fingerprint density at radius 3 is 2.32 bits per heavy atom. The van der Waals surface area contributed by atoms with Crippen molar-refractivity contribution in [1.82, 2.24) is 25.8 Å². The van der Waals surface area contributed by atoms with Gasteiger partial charge in [0.1, 0.15) is 5.60 Å². The molecule has 0 radical (unpaired) electrons. The lowest BCUT2D eigenvalue weighted by molar-refractivity contribution is 0.0522. The molecule has 1 fully saturated rings. The maximum absolute atomic E-state index is 12.0. The van der Waals surface area contributed by atoms with E-state index in [1.165, 1.54) is 0 Å². The van der Waals surface area contributed by atoms with Crippen LogP contribution in [0.15, 0.2) is 4.99 Å². The largest absolute Gasteiger partial charge is 0.444 e. The first-order valence-electron chi connectivity index (χ1n) is 11.5. The van der Waals surface area contributed by atoms with Gasteiger partial charge in [0.25, 0.3) is 0 Å². The summed E-state index contributed by atoms with van der Waals surface area (Å²) in [6.07, 6.45) is 2.78. The zero-order valence-corrected chi connectivity index (χ0v) is 23.1. The summed E-state index contributed by atoms with van der Waals surface area (Å²) < 4.78 is 5.35. The van der Waals surface area contributed by atoms with Crippen molar-refractivity contribution in [2.24, 2.45) is 10.9 Å². The van der Waals surface area contributed by atoms with Crippen LogP contribution in [-0.2, 0) is 4.74 Å². The molecule has 1 saturated heterocycles. The molecule has 2 unspecified atom stereocenters. The Morgan fingerprint density at radius 2 is 1.77 bits per heavy atom. The minimum atomic E-state index is -0.492. The summed E-state index contributed by atoms with van der Waals surface area (Å²) >= 11 is 0. The third-order valence-electron chi connectivity index (χ3n) is 5.15. The van der Waals surface area contributed by atoms with E-state index in [4.69, 9.17) is 4.74 Å². The molecule has 31 heavy (non-hydrogen) atoms. The van der Waals surface area contributed by atoms with Crippen molar-refractivity contribution in [3.05, 3.63) is 0 Å². The molecule has 8 nitrogen and oxygen atoms in total. The van der Waals surface area contributed by atoms with Gasteiger partial charge in [-0.15, -0.1) is 24.0 Å². The van der Waals surface area contributed by atoms with E-state index in [9.17, 15) is 4.79 Å². The Morgan fingerprint density at radius 1 is 1.13 bits per heavy atom. The van der Waals surface area contributed by atoms with Crippen molar-refractivity contribution in [2.45, 2.75) is 65.5 Å². The highest BCUT2D eigenvalue weighted by Gasteiger charge is 2.19. The minimum absolute atomic E-state index is 0. The first kappa shape index (κ1) is 30.2. The van der Waals surface area contributed by atoms with Crippen LogP contribution in [0.3, 0.4) is 0 Å². The van der Waals surface area contributed by atoms with Crippen molar-refractivity contribution in [3.63, 3.8) is 0 Å². The van der Waals surface area contributed by atoms with Crippen molar-refractivity contribution in [3.8, 4) is 0 Å². The second-order valence-electron chi connectivity index (χ2n) is 9.53. The van der Waals surface area contributed by atoms with E-state index in [2.05, 4.69) is 51.6 Å². The van der Waals surface area contributed by atoms with Crippen LogP contribution in [-0.4, -0.2) is 93.4 Å². The molecule has 0 saturated carbocycles. The maximum Gasteiger partial charge on any atom is 0.407 e. The Kier molecular flexibility index (Phi) is 15.5. The minimum Gasteiger partial charge on any atom is -0.444 e. The topological polar surface area (TPSA) is 81.2 Å². The number of amides is 1. The number of piperazine rings is 1. The quantitative estimate of drug-likeness (QED) is 0.219. The summed E-state index contributed by atoms with van der Waals surface area (Å²) in [5.74, 6) is 1.31. The second kappa shape index (κ2) is 15.9. The molecule has 0 spiro atoms. The Bertz CT molecular complexity index is 519. The molecule has 3 N–H and O–H groups in total. The number of carbonyl (C=O) groups is 1. The third kappa shape index (κ3) is 14.8. The Hall–Kier alpha value is -0.810. The van der Waals surface area contributed by atoms with E-state index in [1.54, 1.807) is 7.05 Å². The number of alkyl carbamates (subject to hydrolysis) is 1. The van der Waals surface area contributed by atoms with Crippen LogP contribution in [0.2, 0.25) is 0 Å². The van der Waals surface area contributed by atoms with Crippen LogP contribution in [0.25, 0.3) is 0 Å². The summed E-state index contributed by atoms with van der Waals surface area (Å²) in [5.41, 5.74) is -0.492. The van der Waals surface area contributed by atoms with Crippen molar-refractivity contribution in [2.75, 3.05) is 59.9 Å². The fourth-order valence-electron chi connectivity index (χ4n) is 3.39. The number of carbonyl (C=O) groups excluding carboxylic acids is 1. The van der Waals surface area contributed by atoms with Gasteiger partial charge >= 0.3 is 6.09 Å². The number of guanidine groups is 1. The zero-order valence-electron chi connectivity index (χ0n) is 20.8. The molecule has 0 bridgehead atoms. The number of likely N-dealkylation sites (N-methyl/N-ethyl adjacent to an activating group) is 1. The van der Waals surface area contributed by atoms with Gasteiger partial charge in [-0.25, -0.2) is 4.79 Å². The normalized spacial score (nSPS) is 18.0. The smallest absolute Gasteiger partial charge is 0.407 e. The lowest BCUT2D eigenvalue weighted by Crippen LogP contribution is -2.50. The van der Waals surface area contributed by atoms with Gasteiger partial charge in [-0.2, -0.15) is 0 Å². The predicted molar refractivity (Wildman–Crippen MR) is 141 cm³/mol. The highest BCUT2D eigenvalue weighted by molar-refractivity contribution is 14.0. The van der Waals surface area contributed by atoms with E-state index >= 15 is 0 Å². The average molecular weight is 555 g/mol. The van der Waals surface area contributed by atoms with Crippen molar-refractivity contribution >= 4 is 36.0 Å². The number of hydrogen-bond acceptors (Lipinski definition) is 5. The number of halogens is 1. The number of rotatable bonds is 10. The molecular weight excluding hydrogens is 507 g/mol. The predicted octanol–water partition coefficient (Wildman–Crippen LogP) is 2.74. The van der Waals surface area contributed by atoms with Gasteiger partial charge in [-0.05, 0) is 40.2 Å². The molecule has 1 amide bonds. The molecule has 1 aliphatic heterocycles. The van der Waals surface area contributed by atoms with Crippen molar-refractivity contribution in [1.29, 1.82) is 0 Å². The lowest BCUT2D eigenvalue weighted by atomic mass is 10.1. The van der Waals surface area contributed by atoms with Gasteiger partial charge in [-0.3, -0.25) is 4.99 Å². The first-order valence-corrected chi connectivity index (χ1v) is 11.5. The van der Waals surface area contributed by atoms with Crippen LogP contribution in [0.4, 0.5) is 4.79 Å². The van der Waals surface area contributed by atoms with Gasteiger partial charge in [0.05, 0.1) is 0 Å². The van der Waals surface area contributed by atoms with Gasteiger partial charge in [0.2, 0.25) is 0 Å². The van der Waals surface area contributed by atoms with Crippen LogP contribution in [0, 0.1) is 5.92 Å². The molecule has 1 heterocycles. The molecule has 2 atom stereocenters. The monoisotopic (exact) mass is 554 g/mol. The number of unbranched alkanes of at least 4 members (excludes halogenated alkanes) is 1. The molecule has 0 aromatic carbocycles. The van der Waals surface area contributed by atoms with E-state index in [0.29, 0.717) is 12.5 Å². The van der Waals surface area contributed by atoms with Gasteiger partial charge in [-0.1, -0.05) is 26.7 Å². The fourth-order valence-corrected chi connectivity index (χ4v) is 3.39. The SMILES string of the molecule is CCCCC(CNC(=O)OC(C)(C)C)NC(=NC)NCC(C)CN1CCN(C)CC1.I. The fraction of sp³-hybridized carbons (Fsp3) is 0.909. The first-order chi connectivity index (χ1) is 14.1. The van der Waals surface area contributed by atoms with E-state index in [-0.39, 0.29) is 36.1 Å². The molecule has 0 aromatic heterocycles. The summed E-state index contributed by atoms with van der Waals surface area (Å²) in [4.78, 5) is 21.3. The number of nitrogens with zero attached hydrogens (tertiary/aromatic N) is 3. The van der Waals surface area contributed by atoms with E-state index in [1.807, 2.05) is 20.8 Å².